The summed E-state index contributed by atoms with van der Waals surface area (Å²) in [5.74, 6) is -0.120. The predicted octanol–water partition coefficient (Wildman–Crippen LogP) is 5.20. The first-order valence-electron chi connectivity index (χ1n) is 8.48. The Morgan fingerprint density at radius 1 is 0.964 bits per heavy atom. The van der Waals surface area contributed by atoms with E-state index in [1.54, 1.807) is 24.3 Å². The molecular formula is C21H15F2NO4. The summed E-state index contributed by atoms with van der Waals surface area (Å²) in [6.07, 6.45) is 0. The van der Waals surface area contributed by atoms with Crippen molar-refractivity contribution in [1.29, 1.82) is 0 Å². The zero-order chi connectivity index (χ0) is 19.5. The van der Waals surface area contributed by atoms with E-state index in [1.807, 2.05) is 24.3 Å². The molecule has 0 aliphatic heterocycles. The predicted molar refractivity (Wildman–Crippen MR) is 101 cm³/mol. The summed E-state index contributed by atoms with van der Waals surface area (Å²) in [4.78, 5) is 12.2. The smallest absolute Gasteiger partial charge is 0.387 e. The lowest BCUT2D eigenvalue weighted by Crippen LogP contribution is -2.20. The van der Waals surface area contributed by atoms with Gasteiger partial charge in [-0.2, -0.15) is 8.78 Å². The quantitative estimate of drug-likeness (QED) is 0.497. The third-order valence-electron chi connectivity index (χ3n) is 4.10. The second-order valence-electron chi connectivity index (χ2n) is 5.97. The van der Waals surface area contributed by atoms with Crippen LogP contribution in [0.25, 0.3) is 21.9 Å². The van der Waals surface area contributed by atoms with E-state index in [1.165, 1.54) is 18.2 Å². The molecule has 0 atom stereocenters. The molecule has 0 radical (unpaired) electrons. The van der Waals surface area contributed by atoms with Gasteiger partial charge in [0.25, 0.3) is 5.91 Å². The lowest BCUT2D eigenvalue weighted by Gasteiger charge is -2.12. The number of carbonyl (C=O) groups excluding carboxylic acids is 1. The van der Waals surface area contributed by atoms with Gasteiger partial charge in [-0.25, -0.2) is 0 Å². The molecule has 0 spiro atoms. The number of fused-ring (bicyclic) bond motifs is 3. The van der Waals surface area contributed by atoms with E-state index in [0.717, 1.165) is 21.9 Å². The summed E-state index contributed by atoms with van der Waals surface area (Å²) in [5.41, 5.74) is 1.63. The number of hydrogen-bond acceptors (Lipinski definition) is 4. The van der Waals surface area contributed by atoms with Gasteiger partial charge >= 0.3 is 6.61 Å². The Balaban J connectivity index is 1.46. The van der Waals surface area contributed by atoms with Gasteiger partial charge in [0.2, 0.25) is 0 Å². The fraction of sp³-hybridized carbons (Fsp3) is 0.0952. The molecule has 0 aliphatic carbocycles. The molecule has 4 rings (SSSR count). The standard InChI is InChI=1S/C21H15F2NO4/c22-21(23)28-19-8-4-2-6-16(19)24-20(25)12-26-13-9-10-18-15(11-13)14-5-1-3-7-17(14)27-18/h1-11,21H,12H2,(H,24,25). The van der Waals surface area contributed by atoms with E-state index in [9.17, 15) is 13.6 Å². The molecule has 7 heteroatoms. The fourth-order valence-electron chi connectivity index (χ4n) is 2.90. The first kappa shape index (κ1) is 17.8. The van der Waals surface area contributed by atoms with Gasteiger partial charge in [0.05, 0.1) is 5.69 Å². The Bertz CT molecular complexity index is 1140. The molecule has 1 N–H and O–H groups in total. The minimum atomic E-state index is -2.98. The molecule has 0 unspecified atom stereocenters. The molecule has 0 saturated heterocycles. The van der Waals surface area contributed by atoms with E-state index in [4.69, 9.17) is 9.15 Å². The second-order valence-corrected chi connectivity index (χ2v) is 5.97. The number of benzene rings is 3. The lowest BCUT2D eigenvalue weighted by molar-refractivity contribution is -0.118. The minimum Gasteiger partial charge on any atom is -0.484 e. The first-order chi connectivity index (χ1) is 13.6. The SMILES string of the molecule is O=C(COc1ccc2oc3ccccc3c2c1)Nc1ccccc1OC(F)F. The van der Waals surface area contributed by atoms with Gasteiger partial charge < -0.3 is 19.2 Å². The highest BCUT2D eigenvalue weighted by molar-refractivity contribution is 6.05. The van der Waals surface area contributed by atoms with Gasteiger partial charge in [-0.15, -0.1) is 0 Å². The lowest BCUT2D eigenvalue weighted by atomic mass is 10.1. The Morgan fingerprint density at radius 2 is 1.71 bits per heavy atom. The van der Waals surface area contributed by atoms with E-state index in [-0.39, 0.29) is 18.0 Å². The molecule has 0 bridgehead atoms. The number of amides is 1. The highest BCUT2D eigenvalue weighted by atomic mass is 19.3. The van der Waals surface area contributed by atoms with Gasteiger partial charge in [0.15, 0.2) is 6.61 Å². The molecule has 0 fully saturated rings. The van der Waals surface area contributed by atoms with Crippen molar-refractivity contribution in [1.82, 2.24) is 0 Å². The summed E-state index contributed by atoms with van der Waals surface area (Å²) in [6, 6.07) is 18.8. The van der Waals surface area contributed by atoms with Gasteiger partial charge in [-0.3, -0.25) is 4.79 Å². The van der Waals surface area contributed by atoms with Crippen molar-refractivity contribution < 1.29 is 27.5 Å². The van der Waals surface area contributed by atoms with Crippen LogP contribution >= 0.6 is 0 Å². The number of ether oxygens (including phenoxy) is 2. The zero-order valence-corrected chi connectivity index (χ0v) is 14.5. The Labute approximate surface area is 158 Å². The molecular weight excluding hydrogens is 368 g/mol. The molecule has 1 amide bonds. The third kappa shape index (κ3) is 3.73. The van der Waals surface area contributed by atoms with Crippen LogP contribution in [0.2, 0.25) is 0 Å². The monoisotopic (exact) mass is 383 g/mol. The van der Waals surface area contributed by atoms with Crippen molar-refractivity contribution in [2.24, 2.45) is 0 Å². The van der Waals surface area contributed by atoms with E-state index >= 15 is 0 Å². The van der Waals surface area contributed by atoms with Crippen molar-refractivity contribution in [3.05, 3.63) is 66.7 Å². The number of anilines is 1. The molecule has 1 aromatic heterocycles. The second kappa shape index (κ2) is 7.56. The Kier molecular flexibility index (Phi) is 4.80. The van der Waals surface area contributed by atoms with E-state index in [0.29, 0.717) is 5.75 Å². The normalized spacial score (nSPS) is 11.1. The van der Waals surface area contributed by atoms with Crippen molar-refractivity contribution in [2.75, 3.05) is 11.9 Å². The maximum atomic E-state index is 12.5. The Morgan fingerprint density at radius 3 is 2.57 bits per heavy atom. The average Bonchev–Trinajstić information content (AvgIpc) is 3.05. The van der Waals surface area contributed by atoms with Crippen molar-refractivity contribution in [3.63, 3.8) is 0 Å². The number of para-hydroxylation sites is 3. The molecule has 3 aromatic carbocycles. The summed E-state index contributed by atoms with van der Waals surface area (Å²) in [7, 11) is 0. The molecule has 4 aromatic rings. The largest absolute Gasteiger partial charge is 0.484 e. The fourth-order valence-corrected chi connectivity index (χ4v) is 2.90. The summed E-state index contributed by atoms with van der Waals surface area (Å²) >= 11 is 0. The Hall–Kier alpha value is -3.61. The number of carbonyl (C=O) groups is 1. The van der Waals surface area contributed by atoms with Gasteiger partial charge in [-0.05, 0) is 36.4 Å². The molecule has 0 saturated carbocycles. The maximum absolute atomic E-state index is 12.5. The van der Waals surface area contributed by atoms with Crippen molar-refractivity contribution in [2.45, 2.75) is 6.61 Å². The zero-order valence-electron chi connectivity index (χ0n) is 14.5. The van der Waals surface area contributed by atoms with Crippen LogP contribution in [0.5, 0.6) is 11.5 Å². The van der Waals surface area contributed by atoms with E-state index < -0.39 is 12.5 Å². The molecule has 5 nitrogen and oxygen atoms in total. The number of nitrogens with one attached hydrogen (secondary N) is 1. The first-order valence-corrected chi connectivity index (χ1v) is 8.48. The van der Waals surface area contributed by atoms with Gasteiger partial charge in [0.1, 0.15) is 22.7 Å². The van der Waals surface area contributed by atoms with Crippen molar-refractivity contribution >= 4 is 33.5 Å². The van der Waals surface area contributed by atoms with Crippen LogP contribution in [0.1, 0.15) is 0 Å². The highest BCUT2D eigenvalue weighted by Crippen LogP contribution is 2.31. The third-order valence-corrected chi connectivity index (χ3v) is 4.10. The highest BCUT2D eigenvalue weighted by Gasteiger charge is 2.13. The summed E-state index contributed by atoms with van der Waals surface area (Å²) in [5, 5.41) is 4.34. The number of halogens is 2. The van der Waals surface area contributed by atoms with Crippen molar-refractivity contribution in [3.8, 4) is 11.5 Å². The van der Waals surface area contributed by atoms with Crippen LogP contribution in [-0.4, -0.2) is 19.1 Å². The maximum Gasteiger partial charge on any atom is 0.387 e. The summed E-state index contributed by atoms with van der Waals surface area (Å²) < 4.78 is 40.6. The molecule has 0 aliphatic rings. The average molecular weight is 383 g/mol. The van der Waals surface area contributed by atoms with Crippen LogP contribution in [0.3, 0.4) is 0 Å². The van der Waals surface area contributed by atoms with Crippen LogP contribution in [0, 0.1) is 0 Å². The van der Waals surface area contributed by atoms with Gasteiger partial charge in [-0.1, -0.05) is 30.3 Å². The molecule has 142 valence electrons. The van der Waals surface area contributed by atoms with Crippen LogP contribution in [0.15, 0.2) is 71.1 Å². The van der Waals surface area contributed by atoms with E-state index in [2.05, 4.69) is 10.1 Å². The minimum absolute atomic E-state index is 0.114. The van der Waals surface area contributed by atoms with Crippen LogP contribution in [-0.2, 0) is 4.79 Å². The number of rotatable bonds is 6. The summed E-state index contributed by atoms with van der Waals surface area (Å²) in [6.45, 7) is -3.27. The topological polar surface area (TPSA) is 60.7 Å². The van der Waals surface area contributed by atoms with Crippen LogP contribution < -0.4 is 14.8 Å². The number of hydrogen-bond donors (Lipinski definition) is 1. The molecule has 28 heavy (non-hydrogen) atoms. The number of alkyl halides is 2. The van der Waals surface area contributed by atoms with Crippen LogP contribution in [0.4, 0.5) is 14.5 Å². The van der Waals surface area contributed by atoms with Gasteiger partial charge in [0, 0.05) is 10.8 Å². The number of furan rings is 1. The molecule has 1 heterocycles.